The second kappa shape index (κ2) is 4.86. The summed E-state index contributed by atoms with van der Waals surface area (Å²) in [6.07, 6.45) is 3.29. The Hall–Kier alpha value is -1.46. The summed E-state index contributed by atoms with van der Waals surface area (Å²) in [5, 5.41) is 5.28. The molecule has 0 spiro atoms. The lowest BCUT2D eigenvalue weighted by atomic mass is 10.3. The van der Waals surface area contributed by atoms with Gasteiger partial charge in [0.1, 0.15) is 6.33 Å². The molecule has 0 aliphatic heterocycles. The third-order valence-corrected chi connectivity index (χ3v) is 2.95. The number of nitrogens with zero attached hydrogens (tertiary/aromatic N) is 2. The van der Waals surface area contributed by atoms with Crippen LogP contribution in [0.3, 0.4) is 0 Å². The Kier molecular flexibility index (Phi) is 3.26. The molecule has 0 aromatic carbocycles. The van der Waals surface area contributed by atoms with E-state index in [0.29, 0.717) is 0 Å². The summed E-state index contributed by atoms with van der Waals surface area (Å²) in [5.74, 6) is 0. The number of thiophene rings is 1. The van der Waals surface area contributed by atoms with Gasteiger partial charge < -0.3 is 11.1 Å². The van der Waals surface area contributed by atoms with E-state index in [-0.39, 0.29) is 0 Å². The summed E-state index contributed by atoms with van der Waals surface area (Å²) < 4.78 is 0. The largest absolute Gasteiger partial charge is 0.398 e. The van der Waals surface area contributed by atoms with Crippen LogP contribution in [-0.2, 0) is 13.1 Å². The predicted molar refractivity (Wildman–Crippen MR) is 61.3 cm³/mol. The zero-order valence-corrected chi connectivity index (χ0v) is 9.00. The van der Waals surface area contributed by atoms with Crippen molar-refractivity contribution in [1.82, 2.24) is 15.3 Å². The molecule has 2 aromatic rings. The number of hydrogen-bond donors (Lipinski definition) is 2. The van der Waals surface area contributed by atoms with Crippen molar-refractivity contribution in [2.24, 2.45) is 0 Å². The SMILES string of the molecule is Nc1ccsc1CNCc1ccncn1. The van der Waals surface area contributed by atoms with Crippen LogP contribution in [0.5, 0.6) is 0 Å². The van der Waals surface area contributed by atoms with Crippen LogP contribution in [-0.4, -0.2) is 9.97 Å². The molecular weight excluding hydrogens is 208 g/mol. The second-order valence-electron chi connectivity index (χ2n) is 3.10. The topological polar surface area (TPSA) is 63.8 Å². The third-order valence-electron chi connectivity index (χ3n) is 2.01. The minimum absolute atomic E-state index is 0.736. The molecule has 2 aromatic heterocycles. The molecule has 0 saturated heterocycles. The molecule has 0 unspecified atom stereocenters. The number of rotatable bonds is 4. The van der Waals surface area contributed by atoms with Gasteiger partial charge in [0.2, 0.25) is 0 Å². The molecule has 0 bridgehead atoms. The highest BCUT2D eigenvalue weighted by Crippen LogP contribution is 2.18. The van der Waals surface area contributed by atoms with Gasteiger partial charge in [-0.2, -0.15) is 0 Å². The molecule has 0 aliphatic rings. The molecule has 78 valence electrons. The van der Waals surface area contributed by atoms with Crippen molar-refractivity contribution in [3.8, 4) is 0 Å². The molecule has 15 heavy (non-hydrogen) atoms. The van der Waals surface area contributed by atoms with Crippen LogP contribution in [0.1, 0.15) is 10.6 Å². The fourth-order valence-electron chi connectivity index (χ4n) is 1.22. The van der Waals surface area contributed by atoms with Crippen LogP contribution < -0.4 is 11.1 Å². The molecule has 2 rings (SSSR count). The van der Waals surface area contributed by atoms with E-state index >= 15 is 0 Å². The Bertz CT molecular complexity index is 412. The fourth-order valence-corrected chi connectivity index (χ4v) is 1.99. The Labute approximate surface area is 92.2 Å². The summed E-state index contributed by atoms with van der Waals surface area (Å²) in [7, 11) is 0. The molecule has 5 heteroatoms. The number of nitrogens with one attached hydrogen (secondary N) is 1. The van der Waals surface area contributed by atoms with E-state index < -0.39 is 0 Å². The quantitative estimate of drug-likeness (QED) is 0.817. The zero-order chi connectivity index (χ0) is 10.5. The van der Waals surface area contributed by atoms with Gasteiger partial charge in [0.25, 0.3) is 0 Å². The first-order valence-corrected chi connectivity index (χ1v) is 5.51. The van der Waals surface area contributed by atoms with Crippen LogP contribution in [0.4, 0.5) is 5.69 Å². The highest BCUT2D eigenvalue weighted by molar-refractivity contribution is 7.10. The zero-order valence-electron chi connectivity index (χ0n) is 8.18. The summed E-state index contributed by atoms with van der Waals surface area (Å²) in [4.78, 5) is 9.15. The van der Waals surface area contributed by atoms with Gasteiger partial charge in [-0.05, 0) is 17.5 Å². The molecule has 0 atom stereocenters. The lowest BCUT2D eigenvalue weighted by Crippen LogP contribution is -2.13. The van der Waals surface area contributed by atoms with Crippen LogP contribution in [0.15, 0.2) is 30.0 Å². The van der Waals surface area contributed by atoms with Crippen LogP contribution in [0, 0.1) is 0 Å². The molecule has 3 N–H and O–H groups in total. The fraction of sp³-hybridized carbons (Fsp3) is 0.200. The first-order chi connectivity index (χ1) is 7.36. The smallest absolute Gasteiger partial charge is 0.115 e. The Morgan fingerprint density at radius 3 is 2.93 bits per heavy atom. The Morgan fingerprint density at radius 1 is 1.33 bits per heavy atom. The lowest BCUT2D eigenvalue weighted by molar-refractivity contribution is 0.685. The molecule has 0 fully saturated rings. The summed E-state index contributed by atoms with van der Waals surface area (Å²) in [6, 6.07) is 3.82. The number of aromatic nitrogens is 2. The highest BCUT2D eigenvalue weighted by atomic mass is 32.1. The van der Waals surface area contributed by atoms with Gasteiger partial charge in [-0.15, -0.1) is 11.3 Å². The number of anilines is 1. The van der Waals surface area contributed by atoms with E-state index in [4.69, 9.17) is 5.73 Å². The van der Waals surface area contributed by atoms with Crippen molar-refractivity contribution in [3.63, 3.8) is 0 Å². The average Bonchev–Trinajstić information content (AvgIpc) is 2.66. The maximum Gasteiger partial charge on any atom is 0.115 e. The summed E-state index contributed by atoms with van der Waals surface area (Å²) in [5.41, 5.74) is 7.61. The summed E-state index contributed by atoms with van der Waals surface area (Å²) >= 11 is 1.66. The number of nitrogens with two attached hydrogens (primary N) is 1. The van der Waals surface area contributed by atoms with E-state index in [1.165, 1.54) is 4.88 Å². The maximum absolute atomic E-state index is 5.76. The normalized spacial score (nSPS) is 10.4. The van der Waals surface area contributed by atoms with E-state index in [2.05, 4.69) is 15.3 Å². The van der Waals surface area contributed by atoms with Crippen LogP contribution in [0.25, 0.3) is 0 Å². The molecule has 0 aliphatic carbocycles. The molecule has 0 saturated carbocycles. The minimum atomic E-state index is 0.736. The lowest BCUT2D eigenvalue weighted by Gasteiger charge is -2.02. The summed E-state index contributed by atoms with van der Waals surface area (Å²) in [6.45, 7) is 1.52. The van der Waals surface area contributed by atoms with Gasteiger partial charge in [-0.1, -0.05) is 0 Å². The Morgan fingerprint density at radius 2 is 2.27 bits per heavy atom. The van der Waals surface area contributed by atoms with Gasteiger partial charge in [0, 0.05) is 29.9 Å². The van der Waals surface area contributed by atoms with Crippen molar-refractivity contribution in [2.45, 2.75) is 13.1 Å². The first kappa shape index (κ1) is 10.1. The number of hydrogen-bond acceptors (Lipinski definition) is 5. The molecular formula is C10H12N4S. The van der Waals surface area contributed by atoms with Crippen molar-refractivity contribution in [3.05, 3.63) is 40.6 Å². The molecule has 4 nitrogen and oxygen atoms in total. The van der Waals surface area contributed by atoms with Crippen LogP contribution >= 0.6 is 11.3 Å². The second-order valence-corrected chi connectivity index (χ2v) is 4.10. The van der Waals surface area contributed by atoms with Gasteiger partial charge in [-0.25, -0.2) is 9.97 Å². The monoisotopic (exact) mass is 220 g/mol. The van der Waals surface area contributed by atoms with E-state index in [0.717, 1.165) is 24.5 Å². The third kappa shape index (κ3) is 2.74. The maximum atomic E-state index is 5.76. The van der Waals surface area contributed by atoms with Gasteiger partial charge in [0.15, 0.2) is 0 Å². The van der Waals surface area contributed by atoms with Crippen molar-refractivity contribution < 1.29 is 0 Å². The molecule has 2 heterocycles. The van der Waals surface area contributed by atoms with Crippen LogP contribution in [0.2, 0.25) is 0 Å². The van der Waals surface area contributed by atoms with Gasteiger partial charge >= 0.3 is 0 Å². The van der Waals surface area contributed by atoms with Crippen molar-refractivity contribution in [2.75, 3.05) is 5.73 Å². The van der Waals surface area contributed by atoms with E-state index in [9.17, 15) is 0 Å². The van der Waals surface area contributed by atoms with Gasteiger partial charge in [-0.3, -0.25) is 0 Å². The Balaban J connectivity index is 1.83. The average molecular weight is 220 g/mol. The van der Waals surface area contributed by atoms with E-state index in [1.807, 2.05) is 17.5 Å². The van der Waals surface area contributed by atoms with Gasteiger partial charge in [0.05, 0.1) is 5.69 Å². The standard InChI is InChI=1S/C10H12N4S/c11-9-2-4-15-10(9)6-13-5-8-1-3-12-7-14-8/h1-4,7,13H,5-6,11H2. The number of nitrogen functional groups attached to an aromatic ring is 1. The predicted octanol–water partition coefficient (Wildman–Crippen LogP) is 1.41. The first-order valence-electron chi connectivity index (χ1n) is 4.63. The molecule has 0 radical (unpaired) electrons. The van der Waals surface area contributed by atoms with Crippen molar-refractivity contribution in [1.29, 1.82) is 0 Å². The highest BCUT2D eigenvalue weighted by Gasteiger charge is 1.99. The molecule has 0 amide bonds. The van der Waals surface area contributed by atoms with E-state index in [1.54, 1.807) is 23.9 Å². The minimum Gasteiger partial charge on any atom is -0.398 e. The van der Waals surface area contributed by atoms with Crippen molar-refractivity contribution >= 4 is 17.0 Å².